The molecule has 0 heterocycles. The highest BCUT2D eigenvalue weighted by atomic mass is 14.1. The first kappa shape index (κ1) is 9.86. The lowest BCUT2D eigenvalue weighted by molar-refractivity contribution is 0.571. The molecule has 0 aromatic heterocycles. The Bertz CT molecular complexity index is 342. The van der Waals surface area contributed by atoms with Crippen molar-refractivity contribution in [3.63, 3.8) is 0 Å². The molecule has 1 aromatic carbocycles. The van der Waals surface area contributed by atoms with Crippen LogP contribution in [0.5, 0.6) is 0 Å². The summed E-state index contributed by atoms with van der Waals surface area (Å²) in [6, 6.07) is 8.22. The second kappa shape index (κ2) is 3.66. The minimum absolute atomic E-state index is 0.0856. The summed E-state index contributed by atoms with van der Waals surface area (Å²) >= 11 is 0. The Labute approximate surface area is 81.0 Å². The maximum absolute atomic E-state index is 3.23. The highest BCUT2D eigenvalue weighted by Crippen LogP contribution is 2.12. The largest absolute Gasteiger partial charge is 0.0919 e. The average Bonchev–Trinajstić information content (AvgIpc) is 2.01. The van der Waals surface area contributed by atoms with E-state index in [-0.39, 0.29) is 5.41 Å². The van der Waals surface area contributed by atoms with Crippen molar-refractivity contribution in [1.82, 2.24) is 0 Å². The fourth-order valence-electron chi connectivity index (χ4n) is 0.968. The van der Waals surface area contributed by atoms with Gasteiger partial charge in [-0.15, -0.1) is 0 Å². The van der Waals surface area contributed by atoms with Crippen LogP contribution in [0.3, 0.4) is 0 Å². The van der Waals surface area contributed by atoms with Crippen LogP contribution < -0.4 is 0 Å². The summed E-state index contributed by atoms with van der Waals surface area (Å²) in [5.74, 6) is 6.43. The summed E-state index contributed by atoms with van der Waals surface area (Å²) in [7, 11) is 0. The summed E-state index contributed by atoms with van der Waals surface area (Å²) in [5.41, 5.74) is 2.47. The van der Waals surface area contributed by atoms with Gasteiger partial charge < -0.3 is 0 Å². The van der Waals surface area contributed by atoms with Crippen molar-refractivity contribution < 1.29 is 0 Å². The first-order valence-corrected chi connectivity index (χ1v) is 4.58. The SMILES string of the molecule is Cc1ccccc1C#CC(C)(C)C. The van der Waals surface area contributed by atoms with E-state index in [0.717, 1.165) is 5.56 Å². The van der Waals surface area contributed by atoms with Gasteiger partial charge in [0.05, 0.1) is 0 Å². The van der Waals surface area contributed by atoms with E-state index in [9.17, 15) is 0 Å². The van der Waals surface area contributed by atoms with Gasteiger partial charge in [-0.25, -0.2) is 0 Å². The van der Waals surface area contributed by atoms with Crippen molar-refractivity contribution in [2.45, 2.75) is 27.7 Å². The average molecular weight is 172 g/mol. The van der Waals surface area contributed by atoms with E-state index in [1.165, 1.54) is 5.56 Å². The Morgan fingerprint density at radius 3 is 2.23 bits per heavy atom. The van der Waals surface area contributed by atoms with Crippen LogP contribution in [0.4, 0.5) is 0 Å². The molecule has 0 fully saturated rings. The van der Waals surface area contributed by atoms with Crippen LogP contribution in [0.1, 0.15) is 31.9 Å². The van der Waals surface area contributed by atoms with Gasteiger partial charge in [0.15, 0.2) is 0 Å². The van der Waals surface area contributed by atoms with Crippen molar-refractivity contribution in [3.05, 3.63) is 35.4 Å². The van der Waals surface area contributed by atoms with E-state index < -0.39 is 0 Å². The lowest BCUT2D eigenvalue weighted by atomic mass is 9.97. The summed E-state index contributed by atoms with van der Waals surface area (Å²) < 4.78 is 0. The van der Waals surface area contributed by atoms with E-state index >= 15 is 0 Å². The molecule has 0 unspecified atom stereocenters. The molecule has 1 rings (SSSR count). The fraction of sp³-hybridized carbons (Fsp3) is 0.385. The minimum atomic E-state index is 0.0856. The van der Waals surface area contributed by atoms with Crippen LogP contribution in [-0.4, -0.2) is 0 Å². The minimum Gasteiger partial charge on any atom is -0.0919 e. The van der Waals surface area contributed by atoms with Gasteiger partial charge in [-0.1, -0.05) is 30.0 Å². The van der Waals surface area contributed by atoms with Crippen LogP contribution in [0, 0.1) is 24.2 Å². The summed E-state index contributed by atoms with van der Waals surface area (Å²) in [5, 5.41) is 0. The third-order valence-electron chi connectivity index (χ3n) is 1.72. The quantitative estimate of drug-likeness (QED) is 0.526. The Kier molecular flexibility index (Phi) is 2.78. The topological polar surface area (TPSA) is 0 Å². The van der Waals surface area contributed by atoms with Crippen molar-refractivity contribution in [3.8, 4) is 11.8 Å². The molecule has 0 nitrogen and oxygen atoms in total. The highest BCUT2D eigenvalue weighted by molar-refractivity contribution is 5.41. The normalized spacial score (nSPS) is 10.5. The summed E-state index contributed by atoms with van der Waals surface area (Å²) in [6.07, 6.45) is 0. The molecule has 68 valence electrons. The summed E-state index contributed by atoms with van der Waals surface area (Å²) in [4.78, 5) is 0. The first-order chi connectivity index (χ1) is 5.99. The molecule has 0 amide bonds. The molecule has 0 saturated carbocycles. The molecule has 0 radical (unpaired) electrons. The molecule has 0 N–H and O–H groups in total. The van der Waals surface area contributed by atoms with Gasteiger partial charge in [0.25, 0.3) is 0 Å². The molecule has 0 heteroatoms. The molecular formula is C13H16. The van der Waals surface area contributed by atoms with E-state index in [0.29, 0.717) is 0 Å². The van der Waals surface area contributed by atoms with Gasteiger partial charge in [0.2, 0.25) is 0 Å². The molecule has 0 bridgehead atoms. The standard InChI is InChI=1S/C13H16/c1-11-7-5-6-8-12(11)9-10-13(2,3)4/h5-8H,1-4H3. The van der Waals surface area contributed by atoms with Gasteiger partial charge in [-0.05, 0) is 39.3 Å². The second-order valence-electron chi connectivity index (χ2n) is 4.31. The fourth-order valence-corrected chi connectivity index (χ4v) is 0.968. The lowest BCUT2D eigenvalue weighted by Gasteiger charge is -2.07. The van der Waals surface area contributed by atoms with E-state index in [1.54, 1.807) is 0 Å². The van der Waals surface area contributed by atoms with Crippen LogP contribution >= 0.6 is 0 Å². The number of hydrogen-bond donors (Lipinski definition) is 0. The van der Waals surface area contributed by atoms with Gasteiger partial charge >= 0.3 is 0 Å². The van der Waals surface area contributed by atoms with Gasteiger partial charge in [0, 0.05) is 11.0 Å². The molecule has 0 aliphatic heterocycles. The van der Waals surface area contributed by atoms with Crippen molar-refractivity contribution in [2.75, 3.05) is 0 Å². The zero-order valence-electron chi connectivity index (χ0n) is 8.81. The molecule has 1 aromatic rings. The molecule has 0 aliphatic rings. The number of rotatable bonds is 0. The van der Waals surface area contributed by atoms with Crippen LogP contribution in [0.15, 0.2) is 24.3 Å². The maximum Gasteiger partial charge on any atom is 0.0274 e. The predicted molar refractivity (Wildman–Crippen MR) is 57.5 cm³/mol. The van der Waals surface area contributed by atoms with Crippen molar-refractivity contribution >= 4 is 0 Å². The number of hydrogen-bond acceptors (Lipinski definition) is 0. The van der Waals surface area contributed by atoms with Crippen LogP contribution in [-0.2, 0) is 0 Å². The summed E-state index contributed by atoms with van der Waals surface area (Å²) in [6.45, 7) is 8.46. The maximum atomic E-state index is 3.23. The highest BCUT2D eigenvalue weighted by Gasteiger charge is 2.03. The van der Waals surface area contributed by atoms with E-state index in [1.807, 2.05) is 12.1 Å². The van der Waals surface area contributed by atoms with Crippen molar-refractivity contribution in [1.29, 1.82) is 0 Å². The monoisotopic (exact) mass is 172 g/mol. The Morgan fingerprint density at radius 1 is 1.08 bits per heavy atom. The zero-order valence-corrected chi connectivity index (χ0v) is 8.81. The van der Waals surface area contributed by atoms with Crippen LogP contribution in [0.2, 0.25) is 0 Å². The Hall–Kier alpha value is -1.22. The molecule has 0 aliphatic carbocycles. The van der Waals surface area contributed by atoms with E-state index in [2.05, 4.69) is 51.7 Å². The van der Waals surface area contributed by atoms with E-state index in [4.69, 9.17) is 0 Å². The second-order valence-corrected chi connectivity index (χ2v) is 4.31. The predicted octanol–water partition coefficient (Wildman–Crippen LogP) is 3.39. The lowest BCUT2D eigenvalue weighted by Crippen LogP contribution is -1.99. The third kappa shape index (κ3) is 3.34. The van der Waals surface area contributed by atoms with Gasteiger partial charge in [0.1, 0.15) is 0 Å². The molecular weight excluding hydrogens is 156 g/mol. The zero-order chi connectivity index (χ0) is 9.90. The van der Waals surface area contributed by atoms with Crippen LogP contribution in [0.25, 0.3) is 0 Å². The molecule has 0 spiro atoms. The third-order valence-corrected chi connectivity index (χ3v) is 1.72. The van der Waals surface area contributed by atoms with Crippen molar-refractivity contribution in [2.24, 2.45) is 5.41 Å². The molecule has 0 atom stereocenters. The van der Waals surface area contributed by atoms with Gasteiger partial charge in [-0.3, -0.25) is 0 Å². The molecule has 13 heavy (non-hydrogen) atoms. The number of benzene rings is 1. The van der Waals surface area contributed by atoms with Gasteiger partial charge in [-0.2, -0.15) is 0 Å². The Balaban J connectivity index is 2.97. The number of aryl methyl sites for hydroxylation is 1. The smallest absolute Gasteiger partial charge is 0.0274 e. The Morgan fingerprint density at radius 2 is 1.69 bits per heavy atom. The first-order valence-electron chi connectivity index (χ1n) is 4.58. The molecule has 0 saturated heterocycles.